The number of hydrogen-bond acceptors (Lipinski definition) is 4. The number of nitrogens with zero attached hydrogens (tertiary/aromatic N) is 2. The first-order valence-electron chi connectivity index (χ1n) is 14.7. The lowest BCUT2D eigenvalue weighted by Crippen LogP contribution is -2.44. The van der Waals surface area contributed by atoms with Gasteiger partial charge in [0.2, 0.25) is 5.91 Å². The van der Waals surface area contributed by atoms with E-state index in [0.717, 1.165) is 82.0 Å². The van der Waals surface area contributed by atoms with Crippen molar-refractivity contribution in [2.24, 2.45) is 11.8 Å². The van der Waals surface area contributed by atoms with Gasteiger partial charge in [-0.15, -0.1) is 0 Å². The van der Waals surface area contributed by atoms with E-state index in [-0.39, 0.29) is 35.3 Å². The molecule has 3 aliphatic rings. The Morgan fingerprint density at radius 2 is 1.54 bits per heavy atom. The zero-order chi connectivity index (χ0) is 27.2. The fraction of sp³-hybridized carbons (Fsp3) is 0.562. The van der Waals surface area contributed by atoms with Gasteiger partial charge in [0, 0.05) is 12.5 Å². The number of anilines is 1. The molecule has 2 aromatic carbocycles. The summed E-state index contributed by atoms with van der Waals surface area (Å²) in [7, 11) is 0. The molecule has 5 rings (SSSR count). The molecule has 1 saturated carbocycles. The minimum Gasteiger partial charge on any atom is -0.465 e. The lowest BCUT2D eigenvalue weighted by molar-refractivity contribution is -0.150. The van der Waals surface area contributed by atoms with Gasteiger partial charge in [0.05, 0.1) is 24.8 Å². The molecule has 2 aromatic rings. The Labute approximate surface area is 230 Å². The summed E-state index contributed by atoms with van der Waals surface area (Å²) in [5.74, 6) is -0.101. The van der Waals surface area contributed by atoms with Gasteiger partial charge >= 0.3 is 5.97 Å². The summed E-state index contributed by atoms with van der Waals surface area (Å²) in [6, 6.07) is 11.2. The normalized spacial score (nSPS) is 21.3. The van der Waals surface area contributed by atoms with Gasteiger partial charge in [-0.1, -0.05) is 37.5 Å². The molecule has 5 nitrogen and oxygen atoms in total. The number of esters is 1. The van der Waals surface area contributed by atoms with Crippen LogP contribution in [0.15, 0.2) is 42.5 Å². The van der Waals surface area contributed by atoms with E-state index in [9.17, 15) is 18.4 Å². The van der Waals surface area contributed by atoms with Gasteiger partial charge in [-0.2, -0.15) is 0 Å². The summed E-state index contributed by atoms with van der Waals surface area (Å²) in [5.41, 5.74) is 2.52. The first-order chi connectivity index (χ1) is 19.0. The summed E-state index contributed by atoms with van der Waals surface area (Å²) in [4.78, 5) is 29.8. The van der Waals surface area contributed by atoms with E-state index >= 15 is 0 Å². The fourth-order valence-electron chi connectivity index (χ4n) is 6.57. The highest BCUT2D eigenvalue weighted by Gasteiger charge is 2.30. The number of fused-ring (bicyclic) bond motifs is 1. The summed E-state index contributed by atoms with van der Waals surface area (Å²) >= 11 is 0. The molecular formula is C32H40F2N2O3. The second kappa shape index (κ2) is 13.0. The average molecular weight is 539 g/mol. The highest BCUT2D eigenvalue weighted by molar-refractivity contribution is 5.96. The zero-order valence-electron chi connectivity index (χ0n) is 22.8. The first-order valence-corrected chi connectivity index (χ1v) is 14.7. The van der Waals surface area contributed by atoms with Gasteiger partial charge in [0.15, 0.2) is 0 Å². The first kappa shape index (κ1) is 27.8. The van der Waals surface area contributed by atoms with Gasteiger partial charge in [0.25, 0.3) is 0 Å². The molecule has 0 aromatic heterocycles. The summed E-state index contributed by atoms with van der Waals surface area (Å²) in [6.45, 7) is 2.99. The summed E-state index contributed by atoms with van der Waals surface area (Å²) < 4.78 is 33.5. The van der Waals surface area contributed by atoms with Gasteiger partial charge in [-0.05, 0) is 99.3 Å². The predicted octanol–water partition coefficient (Wildman–Crippen LogP) is 6.45. The van der Waals surface area contributed by atoms with Crippen LogP contribution >= 0.6 is 0 Å². The molecule has 2 aliphatic heterocycles. The Kier molecular flexibility index (Phi) is 9.28. The van der Waals surface area contributed by atoms with Crippen LogP contribution in [0, 0.1) is 23.5 Å². The smallest absolute Gasteiger partial charge is 0.308 e. The fourth-order valence-corrected chi connectivity index (χ4v) is 6.57. The molecule has 7 heteroatoms. The molecule has 210 valence electrons. The van der Waals surface area contributed by atoms with Crippen LogP contribution in [0.3, 0.4) is 0 Å². The molecule has 0 spiro atoms. The van der Waals surface area contributed by atoms with Gasteiger partial charge in [-0.25, -0.2) is 8.78 Å². The van der Waals surface area contributed by atoms with E-state index in [4.69, 9.17) is 4.74 Å². The summed E-state index contributed by atoms with van der Waals surface area (Å²) in [5, 5.41) is 0. The molecule has 2 fully saturated rings. The molecule has 1 aliphatic carbocycles. The maximum absolute atomic E-state index is 14.4. The van der Waals surface area contributed by atoms with E-state index in [1.54, 1.807) is 23.1 Å². The van der Waals surface area contributed by atoms with Crippen LogP contribution < -0.4 is 4.90 Å². The number of carbonyl (C=O) groups excluding carboxylic acids is 2. The number of carbonyl (C=O) groups is 2. The van der Waals surface area contributed by atoms with Crippen LogP contribution in [-0.2, 0) is 14.3 Å². The maximum Gasteiger partial charge on any atom is 0.308 e. The third-order valence-corrected chi connectivity index (χ3v) is 8.88. The third kappa shape index (κ3) is 7.05. The standard InChI is InChI=1S/C32H40F2N2O3/c33-26-10-8-24(9-11-26)28-7-4-17-36(30-21-27(34)12-13-29(28)30)31(37)22-35-18-14-23(15-19-35)16-20-39-32(38)25-5-2-1-3-6-25/h8-13,21,23,25,28H,1-7,14-20,22H2. The topological polar surface area (TPSA) is 49.9 Å². The number of halogens is 2. The molecular weight excluding hydrogens is 498 g/mol. The molecule has 0 N–H and O–H groups in total. The molecule has 1 atom stereocenters. The molecule has 0 radical (unpaired) electrons. The van der Waals surface area contributed by atoms with Gasteiger partial charge < -0.3 is 9.64 Å². The Morgan fingerprint density at radius 3 is 2.28 bits per heavy atom. The summed E-state index contributed by atoms with van der Waals surface area (Å²) in [6.07, 6.45) is 9.84. The van der Waals surface area contributed by atoms with Crippen molar-refractivity contribution in [2.45, 2.75) is 70.1 Å². The van der Waals surface area contributed by atoms with Crippen molar-refractivity contribution < 1.29 is 23.1 Å². The monoisotopic (exact) mass is 538 g/mol. The van der Waals surface area contributed by atoms with Gasteiger partial charge in [0.1, 0.15) is 11.6 Å². The van der Waals surface area contributed by atoms with E-state index in [0.29, 0.717) is 31.3 Å². The lowest BCUT2D eigenvalue weighted by atomic mass is 9.87. The zero-order valence-corrected chi connectivity index (χ0v) is 22.8. The van der Waals surface area contributed by atoms with Crippen molar-refractivity contribution >= 4 is 17.6 Å². The maximum atomic E-state index is 14.4. The third-order valence-electron chi connectivity index (χ3n) is 8.88. The van der Waals surface area contributed by atoms with Crippen molar-refractivity contribution in [1.82, 2.24) is 4.90 Å². The molecule has 39 heavy (non-hydrogen) atoms. The minimum atomic E-state index is -0.365. The van der Waals surface area contributed by atoms with Crippen molar-refractivity contribution in [2.75, 3.05) is 37.7 Å². The van der Waals surface area contributed by atoms with Crippen molar-refractivity contribution in [3.8, 4) is 0 Å². The average Bonchev–Trinajstić information content (AvgIpc) is 3.14. The SMILES string of the molecule is O=C(OCCC1CCN(CC(=O)N2CCCC(c3ccc(F)cc3)c3ccc(F)cc32)CC1)C1CCCCC1. The van der Waals surface area contributed by atoms with E-state index < -0.39 is 0 Å². The Bertz CT molecular complexity index is 1120. The number of hydrogen-bond donors (Lipinski definition) is 0. The Morgan fingerprint density at radius 1 is 0.821 bits per heavy atom. The van der Waals surface area contributed by atoms with Crippen molar-refractivity contribution in [3.63, 3.8) is 0 Å². The Hall–Kier alpha value is -2.80. The molecule has 1 unspecified atom stereocenters. The number of amides is 1. The number of ether oxygens (including phenoxy) is 1. The van der Waals surface area contributed by atoms with Crippen LogP contribution in [0.4, 0.5) is 14.5 Å². The number of likely N-dealkylation sites (tertiary alicyclic amines) is 1. The second-order valence-electron chi connectivity index (χ2n) is 11.5. The molecule has 1 saturated heterocycles. The van der Waals surface area contributed by atoms with Crippen LogP contribution in [0.1, 0.15) is 81.3 Å². The second-order valence-corrected chi connectivity index (χ2v) is 11.5. The highest BCUT2D eigenvalue weighted by atomic mass is 19.1. The number of piperidine rings is 1. The largest absolute Gasteiger partial charge is 0.465 e. The number of benzene rings is 2. The molecule has 1 amide bonds. The van der Waals surface area contributed by atoms with Crippen molar-refractivity contribution in [3.05, 3.63) is 65.2 Å². The molecule has 2 heterocycles. The van der Waals surface area contributed by atoms with E-state index in [1.807, 2.05) is 0 Å². The number of rotatable bonds is 7. The highest BCUT2D eigenvalue weighted by Crippen LogP contribution is 2.39. The van der Waals surface area contributed by atoms with E-state index in [2.05, 4.69) is 4.90 Å². The Balaban J connectivity index is 1.15. The van der Waals surface area contributed by atoms with E-state index in [1.165, 1.54) is 30.7 Å². The predicted molar refractivity (Wildman–Crippen MR) is 148 cm³/mol. The quantitative estimate of drug-likeness (QED) is 0.380. The van der Waals surface area contributed by atoms with Crippen LogP contribution in [0.25, 0.3) is 0 Å². The van der Waals surface area contributed by atoms with Crippen LogP contribution in [0.2, 0.25) is 0 Å². The van der Waals surface area contributed by atoms with Crippen molar-refractivity contribution in [1.29, 1.82) is 0 Å². The van der Waals surface area contributed by atoms with Gasteiger partial charge in [-0.3, -0.25) is 14.5 Å². The minimum absolute atomic E-state index is 0.0121. The van der Waals surface area contributed by atoms with Crippen LogP contribution in [0.5, 0.6) is 0 Å². The molecule has 0 bridgehead atoms. The van der Waals surface area contributed by atoms with Crippen LogP contribution in [-0.4, -0.2) is 49.6 Å². The lowest BCUT2D eigenvalue weighted by Gasteiger charge is -2.33.